The molecule has 1 saturated heterocycles. The summed E-state index contributed by atoms with van der Waals surface area (Å²) in [5, 5.41) is 5.91. The number of ether oxygens (including phenoxy) is 1. The first-order chi connectivity index (χ1) is 14.4. The number of rotatable bonds is 6. The van der Waals surface area contributed by atoms with Gasteiger partial charge in [-0.3, -0.25) is 9.88 Å². The van der Waals surface area contributed by atoms with Gasteiger partial charge in [0.1, 0.15) is 5.75 Å². The lowest BCUT2D eigenvalue weighted by atomic mass is 10.2. The predicted molar refractivity (Wildman–Crippen MR) is 122 cm³/mol. The smallest absolute Gasteiger partial charge is 0.119 e. The molecule has 1 aliphatic rings. The maximum Gasteiger partial charge on any atom is 0.119 e. The lowest BCUT2D eigenvalue weighted by Gasteiger charge is -2.36. The van der Waals surface area contributed by atoms with Gasteiger partial charge < -0.3 is 9.64 Å². The van der Waals surface area contributed by atoms with Gasteiger partial charge in [-0.2, -0.15) is 0 Å². The van der Waals surface area contributed by atoms with Gasteiger partial charge in [0.2, 0.25) is 0 Å². The third-order valence-corrected chi connectivity index (χ3v) is 6.57. The molecule has 4 nitrogen and oxygen atoms in total. The number of pyridine rings is 1. The van der Waals surface area contributed by atoms with Crippen LogP contribution in [0.4, 0.5) is 5.69 Å². The molecule has 0 radical (unpaired) electrons. The van der Waals surface area contributed by atoms with E-state index in [0.29, 0.717) is 0 Å². The highest BCUT2D eigenvalue weighted by molar-refractivity contribution is 7.17. The van der Waals surface area contributed by atoms with Gasteiger partial charge in [0.15, 0.2) is 0 Å². The summed E-state index contributed by atoms with van der Waals surface area (Å²) >= 11 is 1.82. The molecule has 0 N–H and O–H groups in total. The second-order valence-corrected chi connectivity index (χ2v) is 8.47. The molecule has 3 heterocycles. The second kappa shape index (κ2) is 8.39. The molecule has 0 atom stereocenters. The van der Waals surface area contributed by atoms with E-state index < -0.39 is 0 Å². The summed E-state index contributed by atoms with van der Waals surface area (Å²) in [6.45, 7) is 6.26. The van der Waals surface area contributed by atoms with E-state index in [4.69, 9.17) is 4.74 Å². The van der Waals surface area contributed by atoms with Crippen LogP contribution in [0.15, 0.2) is 66.3 Å². The Kier molecular flexibility index (Phi) is 5.33. The molecule has 0 amide bonds. The van der Waals surface area contributed by atoms with Gasteiger partial charge in [0.25, 0.3) is 0 Å². The van der Waals surface area contributed by atoms with E-state index in [2.05, 4.69) is 56.6 Å². The van der Waals surface area contributed by atoms with Crippen molar-refractivity contribution in [2.24, 2.45) is 0 Å². The van der Waals surface area contributed by atoms with Crippen molar-refractivity contribution in [1.29, 1.82) is 0 Å². The number of fused-ring (bicyclic) bond motifs is 2. The molecule has 2 aromatic carbocycles. The molecule has 5 heteroatoms. The van der Waals surface area contributed by atoms with Crippen LogP contribution in [-0.2, 0) is 0 Å². The molecule has 0 aliphatic carbocycles. The van der Waals surface area contributed by atoms with Crippen molar-refractivity contribution in [3.8, 4) is 5.75 Å². The van der Waals surface area contributed by atoms with Gasteiger partial charge in [0.05, 0.1) is 6.61 Å². The minimum absolute atomic E-state index is 0.755. The van der Waals surface area contributed by atoms with Gasteiger partial charge in [0, 0.05) is 66.3 Å². The fraction of sp³-hybridized carbons (Fsp3) is 0.292. The van der Waals surface area contributed by atoms with E-state index in [1.54, 1.807) is 0 Å². The SMILES string of the molecule is c1cc(N2CCN(CCCOc3ccc4cnccc4c3)CC2)c2ccsc2c1. The zero-order chi connectivity index (χ0) is 19.5. The van der Waals surface area contributed by atoms with Crippen LogP contribution in [0.5, 0.6) is 5.75 Å². The van der Waals surface area contributed by atoms with Gasteiger partial charge in [-0.25, -0.2) is 0 Å². The van der Waals surface area contributed by atoms with Crippen LogP contribution in [0.3, 0.4) is 0 Å². The van der Waals surface area contributed by atoms with E-state index in [1.807, 2.05) is 35.9 Å². The molecule has 29 heavy (non-hydrogen) atoms. The van der Waals surface area contributed by atoms with Crippen LogP contribution >= 0.6 is 11.3 Å². The fourth-order valence-electron chi connectivity index (χ4n) is 4.10. The maximum atomic E-state index is 5.98. The van der Waals surface area contributed by atoms with Crippen molar-refractivity contribution >= 4 is 37.9 Å². The summed E-state index contributed by atoms with van der Waals surface area (Å²) < 4.78 is 7.36. The molecular formula is C24H25N3OS. The zero-order valence-corrected chi connectivity index (χ0v) is 17.3. The molecule has 0 bridgehead atoms. The zero-order valence-electron chi connectivity index (χ0n) is 16.5. The summed E-state index contributed by atoms with van der Waals surface area (Å²) in [4.78, 5) is 9.25. The van der Waals surface area contributed by atoms with Crippen molar-refractivity contribution in [1.82, 2.24) is 9.88 Å². The van der Waals surface area contributed by atoms with Crippen LogP contribution < -0.4 is 9.64 Å². The Morgan fingerprint density at radius 2 is 1.90 bits per heavy atom. The first kappa shape index (κ1) is 18.4. The molecule has 0 spiro atoms. The van der Waals surface area contributed by atoms with Crippen LogP contribution in [0.1, 0.15) is 6.42 Å². The lowest BCUT2D eigenvalue weighted by molar-refractivity contribution is 0.225. The fourth-order valence-corrected chi connectivity index (χ4v) is 4.90. The first-order valence-electron chi connectivity index (χ1n) is 10.3. The van der Waals surface area contributed by atoms with E-state index >= 15 is 0 Å². The molecule has 1 fully saturated rings. The van der Waals surface area contributed by atoms with Gasteiger partial charge in [-0.1, -0.05) is 6.07 Å². The minimum atomic E-state index is 0.755. The van der Waals surface area contributed by atoms with Crippen LogP contribution in [0.25, 0.3) is 20.9 Å². The maximum absolute atomic E-state index is 5.98. The van der Waals surface area contributed by atoms with Crippen molar-refractivity contribution in [2.75, 3.05) is 44.2 Å². The average Bonchev–Trinajstić information content (AvgIpc) is 3.26. The number of thiophene rings is 1. The van der Waals surface area contributed by atoms with Crippen LogP contribution in [-0.4, -0.2) is 49.2 Å². The predicted octanol–water partition coefficient (Wildman–Crippen LogP) is 5.04. The van der Waals surface area contributed by atoms with Crippen LogP contribution in [0.2, 0.25) is 0 Å². The molecule has 4 aromatic rings. The Labute approximate surface area is 175 Å². The Morgan fingerprint density at radius 1 is 0.966 bits per heavy atom. The van der Waals surface area contributed by atoms with Crippen molar-refractivity contribution in [2.45, 2.75) is 6.42 Å². The van der Waals surface area contributed by atoms with Crippen LogP contribution in [0, 0.1) is 0 Å². The monoisotopic (exact) mass is 403 g/mol. The number of nitrogens with zero attached hydrogens (tertiary/aromatic N) is 3. The van der Waals surface area contributed by atoms with Gasteiger partial charge >= 0.3 is 0 Å². The van der Waals surface area contributed by atoms with Crippen molar-refractivity contribution in [3.63, 3.8) is 0 Å². The molecule has 5 rings (SSSR count). The Balaban J connectivity index is 1.09. The summed E-state index contributed by atoms with van der Waals surface area (Å²) in [6, 6.07) is 17.1. The van der Waals surface area contributed by atoms with Gasteiger partial charge in [-0.15, -0.1) is 11.3 Å². The molecule has 0 unspecified atom stereocenters. The summed E-state index contributed by atoms with van der Waals surface area (Å²) in [5.41, 5.74) is 1.39. The number of hydrogen-bond acceptors (Lipinski definition) is 5. The summed E-state index contributed by atoms with van der Waals surface area (Å²) in [5.74, 6) is 0.942. The number of piperazine rings is 1. The Hall–Kier alpha value is -2.63. The minimum Gasteiger partial charge on any atom is -0.494 e. The topological polar surface area (TPSA) is 28.6 Å². The molecule has 148 valence electrons. The molecule has 2 aromatic heterocycles. The summed E-state index contributed by atoms with van der Waals surface area (Å²) in [7, 11) is 0. The highest BCUT2D eigenvalue weighted by Gasteiger charge is 2.18. The lowest BCUT2D eigenvalue weighted by Crippen LogP contribution is -2.46. The second-order valence-electron chi connectivity index (χ2n) is 7.52. The Bertz CT molecular complexity index is 1100. The van der Waals surface area contributed by atoms with E-state index in [1.165, 1.54) is 21.2 Å². The van der Waals surface area contributed by atoms with E-state index in [-0.39, 0.29) is 0 Å². The highest BCUT2D eigenvalue weighted by atomic mass is 32.1. The highest BCUT2D eigenvalue weighted by Crippen LogP contribution is 2.31. The third-order valence-electron chi connectivity index (χ3n) is 5.69. The molecular weight excluding hydrogens is 378 g/mol. The quantitative estimate of drug-likeness (QED) is 0.422. The number of benzene rings is 2. The van der Waals surface area contributed by atoms with Crippen molar-refractivity contribution < 1.29 is 4.74 Å². The van der Waals surface area contributed by atoms with E-state index in [9.17, 15) is 0 Å². The number of hydrogen-bond donors (Lipinski definition) is 0. The van der Waals surface area contributed by atoms with Gasteiger partial charge in [-0.05, 0) is 59.7 Å². The molecule has 1 aliphatic heterocycles. The first-order valence-corrected chi connectivity index (χ1v) is 11.1. The average molecular weight is 404 g/mol. The third kappa shape index (κ3) is 4.07. The molecule has 0 saturated carbocycles. The normalized spacial score (nSPS) is 15.2. The largest absolute Gasteiger partial charge is 0.494 e. The number of aromatic nitrogens is 1. The van der Waals surface area contributed by atoms with E-state index in [0.717, 1.165) is 56.9 Å². The summed E-state index contributed by atoms with van der Waals surface area (Å²) in [6.07, 6.45) is 4.76. The number of anilines is 1. The van der Waals surface area contributed by atoms with Crippen molar-refractivity contribution in [3.05, 3.63) is 66.3 Å². The standard InChI is InChI=1S/C24H25N3OS/c1-3-23(22-8-16-29-24(22)4-1)27-13-11-26(12-14-27)10-2-15-28-21-6-5-20-18-25-9-7-19(20)17-21/h1,3-9,16-18H,2,10-15H2. The Morgan fingerprint density at radius 3 is 2.83 bits per heavy atom.